The van der Waals surface area contributed by atoms with E-state index in [0.29, 0.717) is 11.4 Å². The lowest BCUT2D eigenvalue weighted by atomic mass is 10.3. The topological polar surface area (TPSA) is 106 Å². The number of nitrogens with zero attached hydrogens (tertiary/aromatic N) is 4. The summed E-state index contributed by atoms with van der Waals surface area (Å²) < 4.78 is 1.19. The molecule has 0 aliphatic heterocycles. The Morgan fingerprint density at radius 1 is 1.18 bits per heavy atom. The predicted octanol–water partition coefficient (Wildman–Crippen LogP) is 0.281. The smallest absolute Gasteiger partial charge is 0.272 e. The van der Waals surface area contributed by atoms with Crippen molar-refractivity contribution in [2.75, 3.05) is 0 Å². The van der Waals surface area contributed by atoms with Crippen molar-refractivity contribution in [2.45, 2.75) is 6.54 Å². The van der Waals surface area contributed by atoms with Crippen LogP contribution >= 0.6 is 0 Å². The van der Waals surface area contributed by atoms with Gasteiger partial charge in [-0.25, -0.2) is 0 Å². The van der Waals surface area contributed by atoms with Crippen LogP contribution in [0.15, 0.2) is 53.5 Å². The van der Waals surface area contributed by atoms with Gasteiger partial charge in [0, 0.05) is 6.07 Å². The minimum absolute atomic E-state index is 0.145. The molecule has 0 radical (unpaired) electrons. The maximum Gasteiger partial charge on any atom is 0.272 e. The molecule has 2 heterocycles. The van der Waals surface area contributed by atoms with Crippen LogP contribution in [0.5, 0.6) is 0 Å². The highest BCUT2D eigenvalue weighted by atomic mass is 16.2. The van der Waals surface area contributed by atoms with Gasteiger partial charge >= 0.3 is 0 Å². The lowest BCUT2D eigenvalue weighted by Gasteiger charge is -2.07. The monoisotopic (exact) mass is 296 g/mol. The van der Waals surface area contributed by atoms with Crippen LogP contribution < -0.4 is 10.9 Å². The van der Waals surface area contributed by atoms with Gasteiger partial charge in [-0.15, -0.1) is 0 Å². The van der Waals surface area contributed by atoms with Crippen molar-refractivity contribution < 1.29 is 4.79 Å². The Morgan fingerprint density at radius 3 is 2.73 bits per heavy atom. The second-order valence-electron chi connectivity index (χ2n) is 4.45. The zero-order chi connectivity index (χ0) is 15.4. The molecular formula is C14H12N6O2. The molecule has 1 amide bonds. The third-order valence-electron chi connectivity index (χ3n) is 2.93. The van der Waals surface area contributed by atoms with Gasteiger partial charge in [-0.1, -0.05) is 18.2 Å². The van der Waals surface area contributed by atoms with E-state index in [4.69, 9.17) is 0 Å². The molecule has 8 heteroatoms. The van der Waals surface area contributed by atoms with Gasteiger partial charge in [-0.3, -0.25) is 9.59 Å². The van der Waals surface area contributed by atoms with Crippen molar-refractivity contribution in [3.05, 3.63) is 70.4 Å². The van der Waals surface area contributed by atoms with Gasteiger partial charge in [0.05, 0.1) is 18.4 Å². The highest BCUT2D eigenvalue weighted by Crippen LogP contribution is 2.03. The quantitative estimate of drug-likeness (QED) is 0.719. The van der Waals surface area contributed by atoms with Gasteiger partial charge in [-0.2, -0.15) is 25.2 Å². The second kappa shape index (κ2) is 6.00. The lowest BCUT2D eigenvalue weighted by molar-refractivity contribution is 0.0943. The Balaban J connectivity index is 1.82. The molecule has 2 aromatic heterocycles. The Morgan fingerprint density at radius 2 is 2.00 bits per heavy atom. The number of aromatic nitrogens is 5. The molecule has 0 atom stereocenters. The Labute approximate surface area is 124 Å². The number of benzene rings is 1. The number of H-pyrrole nitrogens is 1. The number of amides is 1. The lowest BCUT2D eigenvalue weighted by Crippen LogP contribution is -2.28. The Hall–Kier alpha value is -3.29. The van der Waals surface area contributed by atoms with Gasteiger partial charge in [0.1, 0.15) is 11.4 Å². The van der Waals surface area contributed by atoms with Gasteiger partial charge in [0.2, 0.25) is 0 Å². The summed E-state index contributed by atoms with van der Waals surface area (Å²) in [6, 6.07) is 11.6. The molecular weight excluding hydrogens is 284 g/mol. The standard InChI is InChI=1S/C14H12N6O2/c21-13-7-6-12(14(22)15-8-10-9-16-19-17-10)18-20(13)11-4-2-1-3-5-11/h1-7,9H,8H2,(H,15,22)(H,16,17,19). The third-order valence-corrected chi connectivity index (χ3v) is 2.93. The number of aromatic amines is 1. The molecule has 0 fully saturated rings. The van der Waals surface area contributed by atoms with Gasteiger partial charge in [0.15, 0.2) is 0 Å². The first-order valence-electron chi connectivity index (χ1n) is 6.53. The number of rotatable bonds is 4. The molecule has 0 aliphatic rings. The normalized spacial score (nSPS) is 10.4. The summed E-state index contributed by atoms with van der Waals surface area (Å²) in [5, 5.41) is 16.7. The van der Waals surface area contributed by atoms with E-state index in [9.17, 15) is 9.59 Å². The summed E-state index contributed by atoms with van der Waals surface area (Å²) in [6.07, 6.45) is 1.51. The fourth-order valence-electron chi connectivity index (χ4n) is 1.86. The van der Waals surface area contributed by atoms with Crippen LogP contribution in [0.25, 0.3) is 5.69 Å². The van der Waals surface area contributed by atoms with E-state index in [1.54, 1.807) is 24.3 Å². The summed E-state index contributed by atoms with van der Waals surface area (Å²) in [4.78, 5) is 24.0. The van der Waals surface area contributed by atoms with Crippen LogP contribution in [-0.2, 0) is 6.54 Å². The van der Waals surface area contributed by atoms with Crippen molar-refractivity contribution in [3.8, 4) is 5.69 Å². The minimum Gasteiger partial charge on any atom is -0.345 e. The molecule has 0 saturated carbocycles. The zero-order valence-electron chi connectivity index (χ0n) is 11.4. The first kappa shape index (κ1) is 13.7. The predicted molar refractivity (Wildman–Crippen MR) is 77.4 cm³/mol. The van der Waals surface area contributed by atoms with Crippen molar-refractivity contribution in [3.63, 3.8) is 0 Å². The third kappa shape index (κ3) is 2.90. The summed E-state index contributed by atoms with van der Waals surface area (Å²) in [5.41, 5.74) is 1.04. The van der Waals surface area contributed by atoms with Crippen LogP contribution in [0.3, 0.4) is 0 Å². The number of nitrogens with one attached hydrogen (secondary N) is 2. The second-order valence-corrected chi connectivity index (χ2v) is 4.45. The van der Waals surface area contributed by atoms with Crippen molar-refractivity contribution in [1.29, 1.82) is 0 Å². The molecule has 1 aromatic carbocycles. The minimum atomic E-state index is -0.396. The molecule has 0 spiro atoms. The molecule has 3 aromatic rings. The van der Waals surface area contributed by atoms with E-state index in [-0.39, 0.29) is 17.8 Å². The number of carbonyl (C=O) groups is 1. The number of para-hydroxylation sites is 1. The first-order valence-corrected chi connectivity index (χ1v) is 6.53. The number of hydrogen-bond acceptors (Lipinski definition) is 5. The summed E-state index contributed by atoms with van der Waals surface area (Å²) in [7, 11) is 0. The van der Waals surface area contributed by atoms with Crippen LogP contribution in [0.1, 0.15) is 16.2 Å². The average Bonchev–Trinajstić information content (AvgIpc) is 3.07. The molecule has 8 nitrogen and oxygen atoms in total. The fourth-order valence-corrected chi connectivity index (χ4v) is 1.86. The van der Waals surface area contributed by atoms with Crippen LogP contribution in [0.4, 0.5) is 0 Å². The summed E-state index contributed by atoms with van der Waals surface area (Å²) in [5.74, 6) is -0.396. The Bertz CT molecular complexity index is 826. The largest absolute Gasteiger partial charge is 0.345 e. The SMILES string of the molecule is O=C(NCc1cn[nH]n1)c1ccc(=O)n(-c2ccccc2)n1. The van der Waals surface area contributed by atoms with E-state index < -0.39 is 5.91 Å². The molecule has 0 unspecified atom stereocenters. The van der Waals surface area contributed by atoms with Gasteiger partial charge < -0.3 is 5.32 Å². The molecule has 0 bridgehead atoms. The summed E-state index contributed by atoms with van der Waals surface area (Å²) in [6.45, 7) is 0.224. The van der Waals surface area contributed by atoms with Crippen molar-refractivity contribution >= 4 is 5.91 Å². The van der Waals surface area contributed by atoms with E-state index in [1.165, 1.54) is 23.0 Å². The number of carbonyl (C=O) groups excluding carboxylic acids is 1. The molecule has 0 aliphatic carbocycles. The molecule has 2 N–H and O–H groups in total. The number of hydrogen-bond donors (Lipinski definition) is 2. The van der Waals surface area contributed by atoms with E-state index in [0.717, 1.165) is 0 Å². The Kier molecular flexibility index (Phi) is 3.73. The van der Waals surface area contributed by atoms with E-state index in [2.05, 4.69) is 25.8 Å². The molecule has 110 valence electrons. The van der Waals surface area contributed by atoms with E-state index in [1.807, 2.05) is 6.07 Å². The summed E-state index contributed by atoms with van der Waals surface area (Å²) >= 11 is 0. The average molecular weight is 296 g/mol. The molecule has 3 rings (SSSR count). The molecule has 22 heavy (non-hydrogen) atoms. The van der Waals surface area contributed by atoms with Crippen molar-refractivity contribution in [2.24, 2.45) is 0 Å². The van der Waals surface area contributed by atoms with Crippen LogP contribution in [0.2, 0.25) is 0 Å². The van der Waals surface area contributed by atoms with Crippen LogP contribution in [-0.4, -0.2) is 31.1 Å². The molecule has 0 saturated heterocycles. The maximum absolute atomic E-state index is 12.1. The van der Waals surface area contributed by atoms with Gasteiger partial charge in [0.25, 0.3) is 11.5 Å². The van der Waals surface area contributed by atoms with E-state index >= 15 is 0 Å². The fraction of sp³-hybridized carbons (Fsp3) is 0.0714. The van der Waals surface area contributed by atoms with Crippen molar-refractivity contribution in [1.82, 2.24) is 30.5 Å². The first-order chi connectivity index (χ1) is 10.7. The zero-order valence-corrected chi connectivity index (χ0v) is 11.4. The van der Waals surface area contributed by atoms with Crippen LogP contribution in [0, 0.1) is 0 Å². The highest BCUT2D eigenvalue weighted by Gasteiger charge is 2.10. The van der Waals surface area contributed by atoms with Gasteiger partial charge in [-0.05, 0) is 18.2 Å². The highest BCUT2D eigenvalue weighted by molar-refractivity contribution is 5.91. The maximum atomic E-state index is 12.1.